The number of amides is 1. The summed E-state index contributed by atoms with van der Waals surface area (Å²) in [6.07, 6.45) is 0. The maximum atomic E-state index is 13.0. The Balaban J connectivity index is 1.50. The Kier molecular flexibility index (Phi) is 6.33. The van der Waals surface area contributed by atoms with Crippen LogP contribution in [0.1, 0.15) is 21.5 Å². The Morgan fingerprint density at radius 1 is 1.09 bits per heavy atom. The summed E-state index contributed by atoms with van der Waals surface area (Å²) in [5.74, 6) is -0.654. The van der Waals surface area contributed by atoms with E-state index in [1.54, 1.807) is 11.0 Å². The summed E-state index contributed by atoms with van der Waals surface area (Å²) in [5.41, 5.74) is 4.06. The molecule has 1 amide bonds. The van der Waals surface area contributed by atoms with E-state index in [-0.39, 0.29) is 22.8 Å². The highest BCUT2D eigenvalue weighted by Gasteiger charge is 2.23. The van der Waals surface area contributed by atoms with Gasteiger partial charge in [0.1, 0.15) is 6.54 Å². The van der Waals surface area contributed by atoms with Crippen LogP contribution in [-0.4, -0.2) is 59.6 Å². The van der Waals surface area contributed by atoms with Crippen molar-refractivity contribution in [1.82, 2.24) is 14.5 Å². The number of fused-ring (bicyclic) bond motifs is 1. The van der Waals surface area contributed by atoms with Crippen LogP contribution in [0, 0.1) is 18.6 Å². The third kappa shape index (κ3) is 4.41. The molecule has 8 nitrogen and oxygen atoms in total. The van der Waals surface area contributed by atoms with E-state index in [1.807, 2.05) is 0 Å². The monoisotopic (exact) mass is 466 g/mol. The van der Waals surface area contributed by atoms with Crippen molar-refractivity contribution < 1.29 is 14.3 Å². The summed E-state index contributed by atoms with van der Waals surface area (Å²) in [6.45, 7) is 6.69. The van der Waals surface area contributed by atoms with Gasteiger partial charge in [0.25, 0.3) is 5.56 Å². The van der Waals surface area contributed by atoms with Gasteiger partial charge in [-0.3, -0.25) is 14.2 Å². The topological polar surface area (TPSA) is 87.6 Å². The Hall–Kier alpha value is -3.46. The van der Waals surface area contributed by atoms with Gasteiger partial charge in [0, 0.05) is 31.9 Å². The first-order valence-corrected chi connectivity index (χ1v) is 11.1. The normalized spacial score (nSPS) is 13.9. The molecule has 0 atom stereocenters. The van der Waals surface area contributed by atoms with Gasteiger partial charge in [0.05, 0.1) is 23.6 Å². The van der Waals surface area contributed by atoms with E-state index >= 15 is 0 Å². The Labute approximate surface area is 196 Å². The smallest absolute Gasteiger partial charge is 0.337 e. The second kappa shape index (κ2) is 9.19. The number of aryl methyl sites for hydroxylation is 1. The van der Waals surface area contributed by atoms with E-state index in [0.717, 1.165) is 13.1 Å². The second-order valence-electron chi connectivity index (χ2n) is 8.16. The minimum atomic E-state index is -0.504. The molecule has 3 aromatic rings. The maximum absolute atomic E-state index is 13.0. The molecule has 0 bridgehead atoms. The zero-order valence-corrected chi connectivity index (χ0v) is 19.7. The number of anilines is 1. The van der Waals surface area contributed by atoms with Gasteiger partial charge in [-0.1, -0.05) is 12.1 Å². The molecule has 1 aliphatic heterocycles. The second-order valence-corrected chi connectivity index (χ2v) is 8.55. The molecule has 4 rings (SSSR count). The van der Waals surface area contributed by atoms with Crippen LogP contribution in [-0.2, 0) is 16.1 Å². The van der Waals surface area contributed by atoms with Crippen molar-refractivity contribution in [2.75, 3.05) is 38.2 Å². The standard InChI is InChI=1S/C24H26N4O4S/c1-15-5-4-6-20(16(15)2)26-9-11-27(12-10-26)21(29)14-28-22(30)18-8-7-17(23(31)32-3)13-19(18)25-24(28)33/h4-8,13H,9-12,14H2,1-3H3,(H,25,33). The number of esters is 1. The van der Waals surface area contributed by atoms with E-state index in [2.05, 4.69) is 41.9 Å². The lowest BCUT2D eigenvalue weighted by molar-refractivity contribution is -0.132. The first-order valence-electron chi connectivity index (χ1n) is 10.7. The SMILES string of the molecule is COC(=O)c1ccc2c(=O)n(CC(=O)N3CCN(c4cccc(C)c4C)CC3)c(=S)[nH]c2c1. The minimum absolute atomic E-state index is 0.133. The van der Waals surface area contributed by atoms with E-state index in [4.69, 9.17) is 17.0 Å². The van der Waals surface area contributed by atoms with Gasteiger partial charge >= 0.3 is 5.97 Å². The fourth-order valence-corrected chi connectivity index (χ4v) is 4.41. The molecule has 1 aliphatic rings. The molecular formula is C24H26N4O4S. The van der Waals surface area contributed by atoms with Crippen LogP contribution in [0.3, 0.4) is 0 Å². The summed E-state index contributed by atoms with van der Waals surface area (Å²) >= 11 is 5.35. The Morgan fingerprint density at radius 2 is 1.82 bits per heavy atom. The number of methoxy groups -OCH3 is 1. The third-order valence-corrected chi connectivity index (χ3v) is 6.57. The van der Waals surface area contributed by atoms with E-state index in [1.165, 1.54) is 40.6 Å². The lowest BCUT2D eigenvalue weighted by Crippen LogP contribution is -2.50. The number of hydrogen-bond donors (Lipinski definition) is 1. The zero-order valence-electron chi connectivity index (χ0n) is 18.9. The number of nitrogens with one attached hydrogen (secondary N) is 1. The average molecular weight is 467 g/mol. The fourth-order valence-electron chi connectivity index (χ4n) is 4.15. The Bertz CT molecular complexity index is 1350. The van der Waals surface area contributed by atoms with Crippen LogP contribution in [0.2, 0.25) is 0 Å². The first-order chi connectivity index (χ1) is 15.8. The molecule has 0 radical (unpaired) electrons. The molecule has 0 unspecified atom stereocenters. The molecular weight excluding hydrogens is 440 g/mol. The van der Waals surface area contributed by atoms with Crippen molar-refractivity contribution in [2.45, 2.75) is 20.4 Å². The van der Waals surface area contributed by atoms with Crippen molar-refractivity contribution in [2.24, 2.45) is 0 Å². The molecule has 2 heterocycles. The molecule has 1 N–H and O–H groups in total. The number of nitrogens with zero attached hydrogens (tertiary/aromatic N) is 3. The molecule has 0 spiro atoms. The highest BCUT2D eigenvalue weighted by molar-refractivity contribution is 7.71. The fraction of sp³-hybridized carbons (Fsp3) is 0.333. The van der Waals surface area contributed by atoms with Crippen LogP contribution in [0.4, 0.5) is 5.69 Å². The first kappa shape index (κ1) is 22.7. The number of H-pyrrole nitrogens is 1. The van der Waals surface area contributed by atoms with Crippen LogP contribution in [0.5, 0.6) is 0 Å². The van der Waals surface area contributed by atoms with Gasteiger partial charge in [-0.05, 0) is 61.5 Å². The van der Waals surface area contributed by atoms with Crippen molar-refractivity contribution in [3.8, 4) is 0 Å². The molecule has 1 aromatic heterocycles. The summed E-state index contributed by atoms with van der Waals surface area (Å²) < 4.78 is 6.13. The molecule has 1 fully saturated rings. The molecule has 0 saturated carbocycles. The number of carbonyl (C=O) groups is 2. The van der Waals surface area contributed by atoms with Gasteiger partial charge in [-0.15, -0.1) is 0 Å². The lowest BCUT2D eigenvalue weighted by atomic mass is 10.1. The number of aromatic amines is 1. The average Bonchev–Trinajstić information content (AvgIpc) is 2.82. The van der Waals surface area contributed by atoms with E-state index in [0.29, 0.717) is 29.6 Å². The van der Waals surface area contributed by atoms with E-state index < -0.39 is 5.97 Å². The largest absolute Gasteiger partial charge is 0.465 e. The third-order valence-electron chi connectivity index (χ3n) is 6.25. The molecule has 0 aliphatic carbocycles. The zero-order chi connectivity index (χ0) is 23.7. The number of benzene rings is 2. The van der Waals surface area contributed by atoms with Crippen molar-refractivity contribution in [3.63, 3.8) is 0 Å². The number of piperazine rings is 1. The van der Waals surface area contributed by atoms with Crippen LogP contribution in [0.25, 0.3) is 10.9 Å². The van der Waals surface area contributed by atoms with Gasteiger partial charge in [-0.2, -0.15) is 0 Å². The molecule has 2 aromatic carbocycles. The molecule has 172 valence electrons. The number of hydrogen-bond acceptors (Lipinski definition) is 6. The Morgan fingerprint density at radius 3 is 2.52 bits per heavy atom. The number of rotatable bonds is 4. The summed E-state index contributed by atoms with van der Waals surface area (Å²) in [5, 5.41) is 0.351. The number of ether oxygens (including phenoxy) is 1. The van der Waals surface area contributed by atoms with Crippen molar-refractivity contribution in [3.05, 3.63) is 68.2 Å². The predicted molar refractivity (Wildman–Crippen MR) is 129 cm³/mol. The quantitative estimate of drug-likeness (QED) is 0.470. The highest BCUT2D eigenvalue weighted by Crippen LogP contribution is 2.24. The molecule has 1 saturated heterocycles. The van der Waals surface area contributed by atoms with Gasteiger partial charge in [0.15, 0.2) is 4.77 Å². The van der Waals surface area contributed by atoms with Crippen molar-refractivity contribution >= 4 is 40.7 Å². The number of carbonyl (C=O) groups excluding carboxylic acids is 2. The van der Waals surface area contributed by atoms with Crippen molar-refractivity contribution in [1.29, 1.82) is 0 Å². The van der Waals surface area contributed by atoms with Gasteiger partial charge in [-0.25, -0.2) is 4.79 Å². The van der Waals surface area contributed by atoms with Gasteiger partial charge < -0.3 is 19.5 Å². The van der Waals surface area contributed by atoms with E-state index in [9.17, 15) is 14.4 Å². The highest BCUT2D eigenvalue weighted by atomic mass is 32.1. The molecule has 33 heavy (non-hydrogen) atoms. The van der Waals surface area contributed by atoms with Crippen LogP contribution >= 0.6 is 12.2 Å². The minimum Gasteiger partial charge on any atom is -0.465 e. The number of aromatic nitrogens is 2. The summed E-state index contributed by atoms with van der Waals surface area (Å²) in [7, 11) is 1.29. The maximum Gasteiger partial charge on any atom is 0.337 e. The van der Waals surface area contributed by atoms with Crippen LogP contribution in [0.15, 0.2) is 41.2 Å². The molecule has 9 heteroatoms. The van der Waals surface area contributed by atoms with Crippen LogP contribution < -0.4 is 10.5 Å². The summed E-state index contributed by atoms with van der Waals surface area (Å²) in [6, 6.07) is 10.8. The lowest BCUT2D eigenvalue weighted by Gasteiger charge is -2.37. The summed E-state index contributed by atoms with van der Waals surface area (Å²) in [4.78, 5) is 44.8. The predicted octanol–water partition coefficient (Wildman–Crippen LogP) is 2.81. The van der Waals surface area contributed by atoms with Gasteiger partial charge in [0.2, 0.25) is 5.91 Å².